The van der Waals surface area contributed by atoms with Gasteiger partial charge in [-0.15, -0.1) is 11.3 Å². The second-order valence-electron chi connectivity index (χ2n) is 3.99. The van der Waals surface area contributed by atoms with E-state index in [0.717, 1.165) is 21.1 Å². The molecule has 1 aliphatic rings. The predicted octanol–water partition coefficient (Wildman–Crippen LogP) is 3.83. The minimum atomic E-state index is -0.000679. The zero-order chi connectivity index (χ0) is 14.2. The number of likely N-dealkylation sites (N-methyl/N-ethyl adjacent to an activating group) is 1. The Morgan fingerprint density at radius 3 is 2.42 bits per heavy atom. The highest BCUT2D eigenvalue weighted by Gasteiger charge is 2.30. The molecule has 0 aromatic carbocycles. The van der Waals surface area contributed by atoms with Gasteiger partial charge in [-0.25, -0.2) is 0 Å². The van der Waals surface area contributed by atoms with Gasteiger partial charge in [-0.05, 0) is 39.1 Å². The summed E-state index contributed by atoms with van der Waals surface area (Å²) in [4.78, 5) is 15.5. The Morgan fingerprint density at radius 2 is 1.95 bits per heavy atom. The van der Waals surface area contributed by atoms with Crippen LogP contribution in [0.1, 0.15) is 24.4 Å². The molecule has 0 atom stereocenters. The van der Waals surface area contributed by atoms with Crippen molar-refractivity contribution in [1.29, 1.82) is 0 Å². The lowest BCUT2D eigenvalue weighted by molar-refractivity contribution is -0.121. The Hall–Kier alpha value is -0.500. The third kappa shape index (κ3) is 2.69. The molecule has 1 amide bonds. The lowest BCUT2D eigenvalue weighted by Gasteiger charge is -2.09. The summed E-state index contributed by atoms with van der Waals surface area (Å²) in [7, 11) is 0. The largest absolute Gasteiger partial charge is 0.327 e. The van der Waals surface area contributed by atoms with E-state index in [2.05, 4.69) is 11.5 Å². The van der Waals surface area contributed by atoms with Gasteiger partial charge in [-0.3, -0.25) is 9.69 Å². The minimum Gasteiger partial charge on any atom is -0.327 e. The standard InChI is InChI=1S/C12H14N2OS4/c1-4-13-7(3)8(18-11(13)16)6-9-10(15)14(5-2)12(17)19-9/h6H,4-5H2,1-3H3/b9-6+. The van der Waals surface area contributed by atoms with Gasteiger partial charge in [-0.1, -0.05) is 24.0 Å². The van der Waals surface area contributed by atoms with E-state index in [9.17, 15) is 4.79 Å². The fraction of sp³-hybridized carbons (Fsp3) is 0.417. The monoisotopic (exact) mass is 330 g/mol. The van der Waals surface area contributed by atoms with Crippen LogP contribution in [-0.2, 0) is 11.3 Å². The summed E-state index contributed by atoms with van der Waals surface area (Å²) < 4.78 is 3.55. The first-order chi connectivity index (χ1) is 8.99. The van der Waals surface area contributed by atoms with E-state index in [1.165, 1.54) is 23.1 Å². The van der Waals surface area contributed by atoms with Gasteiger partial charge in [-0.2, -0.15) is 0 Å². The number of aromatic nitrogens is 1. The molecule has 0 aliphatic carbocycles. The predicted molar refractivity (Wildman–Crippen MR) is 89.1 cm³/mol. The number of amides is 1. The van der Waals surface area contributed by atoms with Crippen molar-refractivity contribution < 1.29 is 4.79 Å². The molecule has 1 aliphatic heterocycles. The molecule has 7 heteroatoms. The van der Waals surface area contributed by atoms with Gasteiger partial charge in [0.05, 0.1) is 9.78 Å². The van der Waals surface area contributed by atoms with E-state index in [-0.39, 0.29) is 5.91 Å². The number of hydrogen-bond donors (Lipinski definition) is 0. The lowest BCUT2D eigenvalue weighted by atomic mass is 10.3. The molecule has 2 rings (SSSR count). The van der Waals surface area contributed by atoms with Gasteiger partial charge in [0.15, 0.2) is 3.95 Å². The maximum Gasteiger partial charge on any atom is 0.266 e. The van der Waals surface area contributed by atoms with Crippen molar-refractivity contribution in [2.24, 2.45) is 0 Å². The molecular formula is C12H14N2OS4. The Balaban J connectivity index is 2.41. The van der Waals surface area contributed by atoms with Gasteiger partial charge in [0.25, 0.3) is 5.91 Å². The Bertz CT molecular complexity index is 626. The molecular weight excluding hydrogens is 316 g/mol. The number of thiazole rings is 1. The molecule has 0 saturated carbocycles. The number of rotatable bonds is 3. The summed E-state index contributed by atoms with van der Waals surface area (Å²) in [6, 6.07) is 0. The van der Waals surface area contributed by atoms with Crippen molar-refractivity contribution in [2.75, 3.05) is 6.54 Å². The highest BCUT2D eigenvalue weighted by molar-refractivity contribution is 8.26. The van der Waals surface area contributed by atoms with Crippen LogP contribution in [0.25, 0.3) is 6.08 Å². The van der Waals surface area contributed by atoms with Gasteiger partial charge >= 0.3 is 0 Å². The van der Waals surface area contributed by atoms with Crippen molar-refractivity contribution in [3.63, 3.8) is 0 Å². The van der Waals surface area contributed by atoms with Gasteiger partial charge in [0, 0.05) is 18.8 Å². The quantitative estimate of drug-likeness (QED) is 0.621. The van der Waals surface area contributed by atoms with E-state index in [1.54, 1.807) is 4.90 Å². The number of hydrogen-bond acceptors (Lipinski definition) is 5. The SMILES string of the molecule is CCN1C(=O)/C(=C\c2sc(=S)n(CC)c2C)SC1=S. The summed E-state index contributed by atoms with van der Waals surface area (Å²) in [5, 5.41) is 0. The molecule has 0 N–H and O–H groups in total. The molecule has 102 valence electrons. The molecule has 0 spiro atoms. The maximum absolute atomic E-state index is 12.1. The van der Waals surface area contributed by atoms with Crippen LogP contribution in [0.3, 0.4) is 0 Å². The van der Waals surface area contributed by atoms with Crippen molar-refractivity contribution in [3.8, 4) is 0 Å². The molecule has 1 saturated heterocycles. The van der Waals surface area contributed by atoms with Crippen LogP contribution in [0.4, 0.5) is 0 Å². The van der Waals surface area contributed by atoms with Crippen molar-refractivity contribution >= 4 is 63.8 Å². The number of thiocarbonyl (C=S) groups is 1. The summed E-state index contributed by atoms with van der Waals surface area (Å²) in [6.45, 7) is 7.49. The Kier molecular flexibility index (Phi) is 4.60. The molecule has 19 heavy (non-hydrogen) atoms. The highest BCUT2D eigenvalue weighted by Crippen LogP contribution is 2.34. The third-order valence-electron chi connectivity index (χ3n) is 2.95. The first kappa shape index (κ1) is 14.9. The van der Waals surface area contributed by atoms with Crippen LogP contribution in [0.15, 0.2) is 4.91 Å². The normalized spacial score (nSPS) is 17.8. The Labute approximate surface area is 131 Å². The lowest BCUT2D eigenvalue weighted by Crippen LogP contribution is -2.27. The molecule has 0 radical (unpaired) electrons. The van der Waals surface area contributed by atoms with Gasteiger partial charge in [0.2, 0.25) is 0 Å². The molecule has 2 heterocycles. The number of thioether (sulfide) groups is 1. The Morgan fingerprint density at radius 1 is 1.26 bits per heavy atom. The maximum atomic E-state index is 12.1. The van der Waals surface area contributed by atoms with Crippen LogP contribution < -0.4 is 0 Å². The average Bonchev–Trinajstić information content (AvgIpc) is 2.78. The van der Waals surface area contributed by atoms with Crippen molar-refractivity contribution in [2.45, 2.75) is 27.3 Å². The van der Waals surface area contributed by atoms with Crippen LogP contribution in [-0.4, -0.2) is 26.2 Å². The molecule has 1 fully saturated rings. The first-order valence-corrected chi connectivity index (χ1v) is 8.40. The first-order valence-electron chi connectivity index (χ1n) is 5.95. The van der Waals surface area contributed by atoms with E-state index in [4.69, 9.17) is 24.4 Å². The smallest absolute Gasteiger partial charge is 0.266 e. The molecule has 0 bridgehead atoms. The average molecular weight is 331 g/mol. The molecule has 1 aromatic rings. The second-order valence-corrected chi connectivity index (χ2v) is 7.34. The number of nitrogens with zero attached hydrogens (tertiary/aromatic N) is 2. The van der Waals surface area contributed by atoms with Crippen molar-refractivity contribution in [3.05, 3.63) is 19.4 Å². The summed E-state index contributed by atoms with van der Waals surface area (Å²) in [6.07, 6.45) is 1.91. The third-order valence-corrected chi connectivity index (χ3v) is 5.82. The number of carbonyl (C=O) groups excluding carboxylic acids is 1. The van der Waals surface area contributed by atoms with Gasteiger partial charge < -0.3 is 4.57 Å². The molecule has 0 unspecified atom stereocenters. The van der Waals surface area contributed by atoms with Crippen LogP contribution in [0, 0.1) is 10.9 Å². The van der Waals surface area contributed by atoms with Gasteiger partial charge in [0.1, 0.15) is 4.32 Å². The zero-order valence-electron chi connectivity index (χ0n) is 10.9. The molecule has 3 nitrogen and oxygen atoms in total. The number of carbonyl (C=O) groups is 1. The van der Waals surface area contributed by atoms with Crippen LogP contribution in [0.2, 0.25) is 0 Å². The van der Waals surface area contributed by atoms with E-state index in [1.807, 2.05) is 19.9 Å². The summed E-state index contributed by atoms with van der Waals surface area (Å²) >= 11 is 13.4. The zero-order valence-corrected chi connectivity index (χ0v) is 14.2. The highest BCUT2D eigenvalue weighted by atomic mass is 32.2. The summed E-state index contributed by atoms with van der Waals surface area (Å²) in [5.41, 5.74) is 1.11. The van der Waals surface area contributed by atoms with E-state index < -0.39 is 0 Å². The van der Waals surface area contributed by atoms with E-state index >= 15 is 0 Å². The summed E-state index contributed by atoms with van der Waals surface area (Å²) in [5.74, 6) is -0.000679. The minimum absolute atomic E-state index is 0.000679. The topological polar surface area (TPSA) is 25.2 Å². The van der Waals surface area contributed by atoms with E-state index in [0.29, 0.717) is 15.8 Å². The van der Waals surface area contributed by atoms with Crippen LogP contribution >= 0.6 is 47.5 Å². The fourth-order valence-corrected chi connectivity index (χ4v) is 4.86. The fourth-order valence-electron chi connectivity index (χ4n) is 1.88. The van der Waals surface area contributed by atoms with Crippen molar-refractivity contribution in [1.82, 2.24) is 9.47 Å². The van der Waals surface area contributed by atoms with Crippen LogP contribution in [0.5, 0.6) is 0 Å². The molecule has 1 aromatic heterocycles. The second kappa shape index (κ2) is 5.87.